The maximum atomic E-state index is 13.5. The number of carbonyl (C=O) groups is 3. The predicted molar refractivity (Wildman–Crippen MR) is 126 cm³/mol. The van der Waals surface area contributed by atoms with Crippen LogP contribution in [0.3, 0.4) is 0 Å². The van der Waals surface area contributed by atoms with Crippen molar-refractivity contribution in [2.24, 2.45) is 0 Å². The van der Waals surface area contributed by atoms with Gasteiger partial charge < -0.3 is 10.6 Å². The number of anilines is 3. The molecule has 0 unspecified atom stereocenters. The molecule has 0 fully saturated rings. The minimum absolute atomic E-state index is 0.184. The van der Waals surface area contributed by atoms with E-state index in [4.69, 9.17) is 0 Å². The second-order valence-electron chi connectivity index (χ2n) is 7.71. The molecule has 32 heavy (non-hydrogen) atoms. The third-order valence-electron chi connectivity index (χ3n) is 5.37. The Balaban J connectivity index is 1.79. The van der Waals surface area contributed by atoms with Crippen LogP contribution in [0.5, 0.6) is 0 Å². The average molecular weight is 425 g/mol. The maximum Gasteiger partial charge on any atom is 0.282 e. The molecule has 0 radical (unpaired) electrons. The number of nitrogens with zero attached hydrogens (tertiary/aromatic N) is 1. The molecule has 3 aromatic carbocycles. The summed E-state index contributed by atoms with van der Waals surface area (Å²) in [4.78, 5) is 39.5. The largest absolute Gasteiger partial charge is 0.350 e. The maximum absolute atomic E-state index is 13.5. The molecule has 1 aliphatic heterocycles. The van der Waals surface area contributed by atoms with Gasteiger partial charge in [-0.05, 0) is 66.9 Å². The molecule has 160 valence electrons. The molecule has 1 heterocycles. The zero-order valence-corrected chi connectivity index (χ0v) is 18.1. The van der Waals surface area contributed by atoms with Gasteiger partial charge in [-0.15, -0.1) is 0 Å². The molecule has 0 spiro atoms. The SMILES string of the molecule is CC(=O)Nc1ccc(C2=C(Nc3ccccc3)C(=O)N(c3ccc(C)c(C)c3)C2=O)cc1. The zero-order valence-electron chi connectivity index (χ0n) is 18.1. The van der Waals surface area contributed by atoms with Crippen molar-refractivity contribution < 1.29 is 14.4 Å². The summed E-state index contributed by atoms with van der Waals surface area (Å²) in [6.07, 6.45) is 0. The molecule has 0 atom stereocenters. The van der Waals surface area contributed by atoms with Crippen LogP contribution in [-0.2, 0) is 14.4 Å². The van der Waals surface area contributed by atoms with Gasteiger partial charge in [-0.3, -0.25) is 14.4 Å². The van der Waals surface area contributed by atoms with Gasteiger partial charge in [0.25, 0.3) is 11.8 Å². The van der Waals surface area contributed by atoms with Gasteiger partial charge in [-0.1, -0.05) is 36.4 Å². The zero-order chi connectivity index (χ0) is 22.8. The summed E-state index contributed by atoms with van der Waals surface area (Å²) < 4.78 is 0. The Labute approximate surface area is 186 Å². The van der Waals surface area contributed by atoms with Crippen molar-refractivity contribution in [2.75, 3.05) is 15.5 Å². The molecule has 2 N–H and O–H groups in total. The highest BCUT2D eigenvalue weighted by Crippen LogP contribution is 2.34. The van der Waals surface area contributed by atoms with Crippen LogP contribution in [0.4, 0.5) is 17.1 Å². The first-order valence-electron chi connectivity index (χ1n) is 10.3. The molecular weight excluding hydrogens is 402 g/mol. The summed E-state index contributed by atoms with van der Waals surface area (Å²) in [6.45, 7) is 5.36. The van der Waals surface area contributed by atoms with Gasteiger partial charge in [0.1, 0.15) is 5.70 Å². The molecule has 1 aliphatic rings. The molecule has 0 saturated carbocycles. The van der Waals surface area contributed by atoms with Gasteiger partial charge in [0.2, 0.25) is 5.91 Å². The van der Waals surface area contributed by atoms with Crippen LogP contribution >= 0.6 is 0 Å². The van der Waals surface area contributed by atoms with E-state index >= 15 is 0 Å². The molecule has 3 amide bonds. The summed E-state index contributed by atoms with van der Waals surface area (Å²) in [5.41, 5.74) is 5.01. The molecule has 6 nitrogen and oxygen atoms in total. The Morgan fingerprint density at radius 3 is 2.09 bits per heavy atom. The molecule has 0 aromatic heterocycles. The van der Waals surface area contributed by atoms with Crippen molar-refractivity contribution in [3.8, 4) is 0 Å². The van der Waals surface area contributed by atoms with Gasteiger partial charge in [0, 0.05) is 18.3 Å². The molecular formula is C26H23N3O3. The van der Waals surface area contributed by atoms with Crippen molar-refractivity contribution in [1.29, 1.82) is 0 Å². The topological polar surface area (TPSA) is 78.5 Å². The van der Waals surface area contributed by atoms with E-state index in [0.29, 0.717) is 22.6 Å². The number of benzene rings is 3. The Morgan fingerprint density at radius 1 is 0.781 bits per heavy atom. The number of nitrogens with one attached hydrogen (secondary N) is 2. The Kier molecular flexibility index (Phi) is 5.60. The molecule has 6 heteroatoms. The van der Waals surface area contributed by atoms with E-state index in [0.717, 1.165) is 11.1 Å². The minimum Gasteiger partial charge on any atom is -0.350 e. The molecule has 3 aromatic rings. The minimum atomic E-state index is -0.414. The third-order valence-corrected chi connectivity index (χ3v) is 5.37. The summed E-state index contributed by atoms with van der Waals surface area (Å²) in [5, 5.41) is 5.85. The lowest BCUT2D eigenvalue weighted by Gasteiger charge is -2.17. The average Bonchev–Trinajstić information content (AvgIpc) is 3.01. The van der Waals surface area contributed by atoms with E-state index in [-0.39, 0.29) is 17.2 Å². The van der Waals surface area contributed by atoms with E-state index < -0.39 is 11.8 Å². The van der Waals surface area contributed by atoms with Crippen LogP contribution in [0.1, 0.15) is 23.6 Å². The van der Waals surface area contributed by atoms with Crippen LogP contribution in [-0.4, -0.2) is 17.7 Å². The normalized spacial score (nSPS) is 13.5. The van der Waals surface area contributed by atoms with Crippen LogP contribution < -0.4 is 15.5 Å². The van der Waals surface area contributed by atoms with Gasteiger partial charge in [0.15, 0.2) is 0 Å². The second-order valence-corrected chi connectivity index (χ2v) is 7.71. The number of amides is 3. The first-order valence-corrected chi connectivity index (χ1v) is 10.3. The van der Waals surface area contributed by atoms with Crippen LogP contribution in [0.25, 0.3) is 5.57 Å². The summed E-state index contributed by atoms with van der Waals surface area (Å²) in [6, 6.07) is 21.6. The van der Waals surface area contributed by atoms with Crippen molar-refractivity contribution in [2.45, 2.75) is 20.8 Å². The highest BCUT2D eigenvalue weighted by atomic mass is 16.2. The molecule has 0 aliphatic carbocycles. The van der Waals surface area contributed by atoms with Gasteiger partial charge >= 0.3 is 0 Å². The van der Waals surface area contributed by atoms with Crippen LogP contribution in [0, 0.1) is 13.8 Å². The lowest BCUT2D eigenvalue weighted by atomic mass is 10.0. The van der Waals surface area contributed by atoms with Gasteiger partial charge in [-0.25, -0.2) is 4.90 Å². The van der Waals surface area contributed by atoms with E-state index in [1.54, 1.807) is 30.3 Å². The van der Waals surface area contributed by atoms with Crippen molar-refractivity contribution >= 4 is 40.4 Å². The number of carbonyl (C=O) groups excluding carboxylic acids is 3. The van der Waals surface area contributed by atoms with E-state index in [1.807, 2.05) is 56.3 Å². The fourth-order valence-corrected chi connectivity index (χ4v) is 3.60. The predicted octanol–water partition coefficient (Wildman–Crippen LogP) is 4.66. The lowest BCUT2D eigenvalue weighted by Crippen LogP contribution is -2.32. The fourth-order valence-electron chi connectivity index (χ4n) is 3.60. The van der Waals surface area contributed by atoms with Gasteiger partial charge in [0.05, 0.1) is 11.3 Å². The number of hydrogen-bond acceptors (Lipinski definition) is 4. The first kappa shape index (κ1) is 21.1. The summed E-state index contributed by atoms with van der Waals surface area (Å²) in [7, 11) is 0. The standard InChI is InChI=1S/C26H23N3O3/c1-16-9-14-22(15-17(16)2)29-25(31)23(19-10-12-21(13-11-19)27-18(3)30)24(26(29)32)28-20-7-5-4-6-8-20/h4-15,28H,1-3H3,(H,27,30). The van der Waals surface area contributed by atoms with E-state index in [9.17, 15) is 14.4 Å². The number of imide groups is 1. The highest BCUT2D eigenvalue weighted by molar-refractivity contribution is 6.46. The van der Waals surface area contributed by atoms with Crippen molar-refractivity contribution in [3.05, 3.63) is 95.2 Å². The van der Waals surface area contributed by atoms with Crippen molar-refractivity contribution in [1.82, 2.24) is 0 Å². The second kappa shape index (κ2) is 8.51. The molecule has 0 bridgehead atoms. The van der Waals surface area contributed by atoms with Gasteiger partial charge in [-0.2, -0.15) is 0 Å². The first-order chi connectivity index (χ1) is 15.3. The Bertz CT molecular complexity index is 1250. The van der Waals surface area contributed by atoms with E-state index in [2.05, 4.69) is 10.6 Å². The quantitative estimate of drug-likeness (QED) is 0.583. The summed E-state index contributed by atoms with van der Waals surface area (Å²) in [5.74, 6) is -0.997. The summed E-state index contributed by atoms with van der Waals surface area (Å²) >= 11 is 0. The lowest BCUT2D eigenvalue weighted by molar-refractivity contribution is -0.120. The number of para-hydroxylation sites is 1. The third kappa shape index (κ3) is 4.03. The molecule has 4 rings (SSSR count). The molecule has 0 saturated heterocycles. The highest BCUT2D eigenvalue weighted by Gasteiger charge is 2.40. The smallest absolute Gasteiger partial charge is 0.282 e. The van der Waals surface area contributed by atoms with Crippen molar-refractivity contribution in [3.63, 3.8) is 0 Å². The van der Waals surface area contributed by atoms with Crippen LogP contribution in [0.15, 0.2) is 78.5 Å². The Hall–Kier alpha value is -4.19. The Morgan fingerprint density at radius 2 is 1.47 bits per heavy atom. The number of rotatable bonds is 5. The van der Waals surface area contributed by atoms with Crippen LogP contribution in [0.2, 0.25) is 0 Å². The van der Waals surface area contributed by atoms with E-state index in [1.165, 1.54) is 11.8 Å². The number of hydrogen-bond donors (Lipinski definition) is 2. The number of aryl methyl sites for hydroxylation is 2. The fraction of sp³-hybridized carbons (Fsp3) is 0.115. The monoisotopic (exact) mass is 425 g/mol.